The number of anilines is 1. The van der Waals surface area contributed by atoms with Crippen molar-refractivity contribution in [3.63, 3.8) is 0 Å². The van der Waals surface area contributed by atoms with E-state index in [1.807, 2.05) is 13.8 Å². The number of benzene rings is 1. The number of nitro benzene ring substituents is 1. The predicted molar refractivity (Wildman–Crippen MR) is 82.3 cm³/mol. The Balaban J connectivity index is 2.83. The molecule has 0 aromatic heterocycles. The van der Waals surface area contributed by atoms with E-state index in [4.69, 9.17) is 19.9 Å². The highest BCUT2D eigenvalue weighted by Gasteiger charge is 2.25. The topological polar surface area (TPSA) is 96.9 Å². The summed E-state index contributed by atoms with van der Waals surface area (Å²) in [6.45, 7) is 4.70. The second-order valence-electron chi connectivity index (χ2n) is 4.17. The third-order valence-electron chi connectivity index (χ3n) is 2.69. The molecule has 0 atom stereocenters. The minimum atomic E-state index is -0.888. The number of ether oxygens (including phenoxy) is 3. The molecule has 0 unspecified atom stereocenters. The van der Waals surface area contributed by atoms with Crippen molar-refractivity contribution < 1.29 is 23.5 Å². The van der Waals surface area contributed by atoms with Crippen LogP contribution in [0.1, 0.15) is 20.3 Å². The van der Waals surface area contributed by atoms with E-state index in [0.717, 1.165) is 0 Å². The molecule has 0 aliphatic rings. The standard InChI is InChI=1S/C13H18BrFN2O5/c1-3-20-10(21-4-2)5-6-22-9-7-8(14)11(15)12(16)13(9)17(18)19/h7,10H,3-6,16H2,1-2H3. The van der Waals surface area contributed by atoms with Gasteiger partial charge in [0.1, 0.15) is 0 Å². The van der Waals surface area contributed by atoms with Crippen LogP contribution in [0, 0.1) is 15.9 Å². The summed E-state index contributed by atoms with van der Waals surface area (Å²) in [5, 5.41) is 11.0. The summed E-state index contributed by atoms with van der Waals surface area (Å²) in [4.78, 5) is 10.2. The van der Waals surface area contributed by atoms with Gasteiger partial charge in [-0.1, -0.05) is 0 Å². The van der Waals surface area contributed by atoms with Gasteiger partial charge in [-0.15, -0.1) is 0 Å². The molecule has 0 bridgehead atoms. The SMILES string of the molecule is CCOC(CCOc1cc(Br)c(F)c(N)c1[N+](=O)[O-])OCC. The molecule has 124 valence electrons. The second kappa shape index (κ2) is 8.86. The van der Waals surface area contributed by atoms with Crippen LogP contribution in [0.15, 0.2) is 10.5 Å². The quantitative estimate of drug-likeness (QED) is 0.305. The van der Waals surface area contributed by atoms with Gasteiger partial charge in [-0.25, -0.2) is 4.39 Å². The number of nitrogens with two attached hydrogens (primary N) is 1. The third-order valence-corrected chi connectivity index (χ3v) is 3.27. The number of hydrogen-bond donors (Lipinski definition) is 1. The molecule has 0 saturated carbocycles. The lowest BCUT2D eigenvalue weighted by Gasteiger charge is -2.17. The minimum absolute atomic E-state index is 0.00299. The van der Waals surface area contributed by atoms with Gasteiger partial charge in [0.25, 0.3) is 0 Å². The lowest BCUT2D eigenvalue weighted by Crippen LogP contribution is -2.20. The van der Waals surface area contributed by atoms with Crippen molar-refractivity contribution in [2.24, 2.45) is 0 Å². The zero-order valence-corrected chi connectivity index (χ0v) is 13.9. The van der Waals surface area contributed by atoms with E-state index in [-0.39, 0.29) is 16.8 Å². The molecule has 0 radical (unpaired) electrons. The van der Waals surface area contributed by atoms with Crippen molar-refractivity contribution in [2.45, 2.75) is 26.6 Å². The highest BCUT2D eigenvalue weighted by Crippen LogP contribution is 2.39. The molecule has 0 fully saturated rings. The molecule has 0 amide bonds. The van der Waals surface area contributed by atoms with Gasteiger partial charge in [0, 0.05) is 25.7 Å². The van der Waals surface area contributed by atoms with Crippen LogP contribution in [0.2, 0.25) is 0 Å². The Morgan fingerprint density at radius 1 is 1.41 bits per heavy atom. The molecule has 0 saturated heterocycles. The van der Waals surface area contributed by atoms with Gasteiger partial charge in [0.15, 0.2) is 17.8 Å². The van der Waals surface area contributed by atoms with Crippen LogP contribution in [0.4, 0.5) is 15.8 Å². The van der Waals surface area contributed by atoms with Gasteiger partial charge in [-0.05, 0) is 29.8 Å². The Labute approximate surface area is 135 Å². The predicted octanol–water partition coefficient (Wildman–Crippen LogP) is 3.25. The molecule has 2 N–H and O–H groups in total. The van der Waals surface area contributed by atoms with E-state index in [2.05, 4.69) is 15.9 Å². The largest absolute Gasteiger partial charge is 0.487 e. The minimum Gasteiger partial charge on any atom is -0.487 e. The zero-order valence-electron chi connectivity index (χ0n) is 12.3. The monoisotopic (exact) mass is 380 g/mol. The van der Waals surface area contributed by atoms with Crippen molar-refractivity contribution >= 4 is 27.3 Å². The van der Waals surface area contributed by atoms with Crippen molar-refractivity contribution in [3.05, 3.63) is 26.5 Å². The van der Waals surface area contributed by atoms with Crippen molar-refractivity contribution in [1.29, 1.82) is 0 Å². The molecule has 1 aromatic rings. The van der Waals surface area contributed by atoms with Crippen molar-refractivity contribution in [1.82, 2.24) is 0 Å². The normalized spacial score (nSPS) is 11.0. The average molecular weight is 381 g/mol. The van der Waals surface area contributed by atoms with Gasteiger partial charge in [0.2, 0.25) is 5.75 Å². The van der Waals surface area contributed by atoms with E-state index in [1.54, 1.807) is 0 Å². The number of nitro groups is 1. The zero-order chi connectivity index (χ0) is 16.7. The maximum absolute atomic E-state index is 13.6. The number of hydrogen-bond acceptors (Lipinski definition) is 6. The molecule has 1 rings (SSSR count). The molecule has 0 heterocycles. The van der Waals surface area contributed by atoms with Gasteiger partial charge in [-0.3, -0.25) is 10.1 Å². The molecule has 0 aliphatic carbocycles. The molecule has 7 nitrogen and oxygen atoms in total. The van der Waals surface area contributed by atoms with E-state index in [1.165, 1.54) is 6.07 Å². The fourth-order valence-electron chi connectivity index (χ4n) is 1.76. The van der Waals surface area contributed by atoms with E-state index < -0.39 is 28.4 Å². The van der Waals surface area contributed by atoms with Gasteiger partial charge in [-0.2, -0.15) is 0 Å². The lowest BCUT2D eigenvalue weighted by molar-refractivity contribution is -0.385. The van der Waals surface area contributed by atoms with Crippen LogP contribution >= 0.6 is 15.9 Å². The summed E-state index contributed by atoms with van der Waals surface area (Å²) in [6, 6.07) is 1.18. The van der Waals surface area contributed by atoms with Crippen LogP contribution in [-0.4, -0.2) is 31.0 Å². The first kappa shape index (κ1) is 18.6. The van der Waals surface area contributed by atoms with E-state index in [9.17, 15) is 14.5 Å². The van der Waals surface area contributed by atoms with Crippen molar-refractivity contribution in [3.8, 4) is 5.75 Å². The fourth-order valence-corrected chi connectivity index (χ4v) is 2.18. The Kier molecular flexibility index (Phi) is 7.49. The molecule has 22 heavy (non-hydrogen) atoms. The summed E-state index contributed by atoms with van der Waals surface area (Å²) in [7, 11) is 0. The summed E-state index contributed by atoms with van der Waals surface area (Å²) in [5.74, 6) is -0.997. The fraction of sp³-hybridized carbons (Fsp3) is 0.538. The first-order valence-corrected chi connectivity index (χ1v) is 7.49. The molecule has 0 spiro atoms. The maximum atomic E-state index is 13.6. The van der Waals surface area contributed by atoms with Gasteiger partial charge in [0.05, 0.1) is 16.0 Å². The Bertz CT molecular complexity index is 524. The summed E-state index contributed by atoms with van der Waals surface area (Å²) in [6.07, 6.45) is -0.0939. The Hall–Kier alpha value is -1.45. The third kappa shape index (κ3) is 4.79. The average Bonchev–Trinajstić information content (AvgIpc) is 2.45. The Morgan fingerprint density at radius 3 is 2.50 bits per heavy atom. The van der Waals surface area contributed by atoms with E-state index >= 15 is 0 Å². The highest BCUT2D eigenvalue weighted by molar-refractivity contribution is 9.10. The van der Waals surface area contributed by atoms with Crippen LogP contribution in [0.3, 0.4) is 0 Å². The van der Waals surface area contributed by atoms with Crippen LogP contribution in [0.25, 0.3) is 0 Å². The van der Waals surface area contributed by atoms with Crippen LogP contribution < -0.4 is 10.5 Å². The molecular formula is C13H18BrFN2O5. The summed E-state index contributed by atoms with van der Waals surface area (Å²) in [5.41, 5.74) is 4.27. The summed E-state index contributed by atoms with van der Waals surface area (Å²) < 4.78 is 29.6. The van der Waals surface area contributed by atoms with Crippen molar-refractivity contribution in [2.75, 3.05) is 25.6 Å². The number of rotatable bonds is 9. The first-order chi connectivity index (χ1) is 10.4. The number of nitrogens with zero attached hydrogens (tertiary/aromatic N) is 1. The molecule has 9 heteroatoms. The van der Waals surface area contributed by atoms with E-state index in [0.29, 0.717) is 19.6 Å². The number of halogens is 2. The second-order valence-corrected chi connectivity index (χ2v) is 5.02. The lowest BCUT2D eigenvalue weighted by atomic mass is 10.2. The van der Waals surface area contributed by atoms with Crippen LogP contribution in [0.5, 0.6) is 5.75 Å². The number of nitrogen functional groups attached to an aromatic ring is 1. The highest BCUT2D eigenvalue weighted by atomic mass is 79.9. The maximum Gasteiger partial charge on any atom is 0.336 e. The molecule has 0 aliphatic heterocycles. The summed E-state index contributed by atoms with van der Waals surface area (Å²) >= 11 is 2.94. The van der Waals surface area contributed by atoms with Gasteiger partial charge < -0.3 is 19.9 Å². The molecule has 1 aromatic carbocycles. The molecular weight excluding hydrogens is 363 g/mol. The first-order valence-electron chi connectivity index (χ1n) is 6.70. The smallest absolute Gasteiger partial charge is 0.336 e. The van der Waals surface area contributed by atoms with Crippen LogP contribution in [-0.2, 0) is 9.47 Å². The van der Waals surface area contributed by atoms with Gasteiger partial charge >= 0.3 is 5.69 Å². The Morgan fingerprint density at radius 2 is 2.00 bits per heavy atom.